The second kappa shape index (κ2) is 35.7. The first kappa shape index (κ1) is 86.5. The largest absolute Gasteiger partial charge is 0.469 e. The van der Waals surface area contributed by atoms with Gasteiger partial charge in [0.25, 0.3) is 16.7 Å². The summed E-state index contributed by atoms with van der Waals surface area (Å²) in [7, 11) is 6.58. The fraction of sp³-hybridized carbons (Fsp3) is 0.368. The number of methoxy groups -OCH3 is 6. The number of rotatable bonds is 25. The quantitative estimate of drug-likeness (QED) is 0.0184. The monoisotopic (exact) mass is 1740 g/mol. The highest BCUT2D eigenvalue weighted by atomic mass is 32.2. The normalized spacial score (nSPS) is 11.9. The summed E-state index contributed by atoms with van der Waals surface area (Å²) in [6.45, 7) is 16.9. The van der Waals surface area contributed by atoms with Crippen LogP contribution in [0.5, 0.6) is 0 Å². The molecular weight excluding hydrogens is 1650 g/mol. The maximum absolute atomic E-state index is 13.6. The number of aromatic nitrogens is 18. The Morgan fingerprint density at radius 3 is 1.15 bits per heavy atom. The highest BCUT2D eigenvalue weighted by Gasteiger charge is 2.37. The molecule has 0 atom stereocenters. The average molecular weight is 1740 g/mol. The van der Waals surface area contributed by atoms with Gasteiger partial charge in [0.05, 0.1) is 130 Å². The van der Waals surface area contributed by atoms with Crippen molar-refractivity contribution in [2.75, 3.05) is 62.1 Å². The number of nitrogens with one attached hydrogen (secondary N) is 1. The van der Waals surface area contributed by atoms with Gasteiger partial charge in [-0.3, -0.25) is 48.2 Å². The molecule has 3 aromatic carbocycles. The van der Waals surface area contributed by atoms with Gasteiger partial charge < -0.3 is 51.6 Å². The molecule has 0 radical (unpaired) electrons. The first-order valence-electron chi connectivity index (χ1n) is 36.8. The molecule has 0 bridgehead atoms. The molecule has 15 aromatic rings. The van der Waals surface area contributed by atoms with Gasteiger partial charge in [0.1, 0.15) is 46.4 Å². The maximum Gasteiger partial charge on any atom is 0.327 e. The Bertz CT molecular complexity index is 6700. The molecule has 119 heavy (non-hydrogen) atoms. The van der Waals surface area contributed by atoms with Crippen molar-refractivity contribution in [3.8, 4) is 0 Å². The number of sulfone groups is 1. The summed E-state index contributed by atoms with van der Waals surface area (Å²) in [4.78, 5) is 123. The maximum atomic E-state index is 13.6. The first-order chi connectivity index (χ1) is 56.6. The van der Waals surface area contributed by atoms with E-state index in [1.807, 2.05) is 64.0 Å². The molecule has 0 spiro atoms. The molecule has 1 N–H and O–H groups in total. The number of H-pyrrole nitrogens is 1. The van der Waals surface area contributed by atoms with Crippen LogP contribution in [0.3, 0.4) is 0 Å². The number of benzene rings is 3. The minimum Gasteiger partial charge on any atom is -0.469 e. The summed E-state index contributed by atoms with van der Waals surface area (Å²) >= 11 is 3.32. The molecule has 43 heteroatoms. The van der Waals surface area contributed by atoms with Crippen LogP contribution < -0.4 is 16.7 Å². The number of carbonyl (C=O) groups excluding carboxylic acids is 6. The number of aromatic amines is 1. The van der Waals surface area contributed by atoms with E-state index in [1.165, 1.54) is 56.7 Å². The topological polar surface area (TPSA) is 433 Å². The van der Waals surface area contributed by atoms with Crippen LogP contribution in [0.25, 0.3) is 96.5 Å². The van der Waals surface area contributed by atoms with E-state index in [2.05, 4.69) is 99.4 Å². The molecule has 37 nitrogen and oxygen atoms in total. The summed E-state index contributed by atoms with van der Waals surface area (Å²) in [5, 5.41) is 34.2. The van der Waals surface area contributed by atoms with Crippen LogP contribution in [0.1, 0.15) is 45.0 Å². The molecular formula is C76H86N18O19S4Si2. The van der Waals surface area contributed by atoms with Gasteiger partial charge in [-0.05, 0) is 47.0 Å². The van der Waals surface area contributed by atoms with Gasteiger partial charge in [-0.2, -0.15) is 30.6 Å². The highest BCUT2D eigenvalue weighted by molar-refractivity contribution is 7.92. The number of fused-ring (bicyclic) bond motifs is 12. The van der Waals surface area contributed by atoms with Crippen molar-refractivity contribution in [2.45, 2.75) is 107 Å². The fourth-order valence-corrected chi connectivity index (χ4v) is 18.8. The number of thiazole rings is 3. The average Bonchev–Trinajstić information content (AvgIpc) is 1.59. The van der Waals surface area contributed by atoms with Gasteiger partial charge in [0, 0.05) is 89.1 Å². The summed E-state index contributed by atoms with van der Waals surface area (Å²) in [5.74, 6) is -6.83. The van der Waals surface area contributed by atoms with Crippen molar-refractivity contribution < 1.29 is 75.1 Å². The third-order valence-electron chi connectivity index (χ3n) is 19.4. The summed E-state index contributed by atoms with van der Waals surface area (Å²) in [5.41, 5.74) is 7.33. The molecule has 12 aromatic heterocycles. The number of hydrogen-bond donors (Lipinski definition) is 1. The molecule has 626 valence electrons. The summed E-state index contributed by atoms with van der Waals surface area (Å²) in [6, 6.07) is 19.7. The van der Waals surface area contributed by atoms with E-state index < -0.39 is 73.6 Å². The zero-order chi connectivity index (χ0) is 85.9. The SMILES string of the molecule is COC(=O)C(C(=O)OC)c1nc2c(s1)c1cnn(Cc3cccc4[nH]ncc34)c(=O)c1n2C.COC(=O)C(C(=O)OC)c1nc2c(s1)c1cnn(Cc3cccc4c3cnn4COCC[Si](C)(C)C)c(=O)c1n2C.COC(=O)CC(=O)OC.Cn1c2nc(S(C)(=O)=O)sc2c2cnn(Cc3cccc4c3cnn4COCC[Si](C)(C)C)c(=O)c21. The van der Waals surface area contributed by atoms with E-state index in [1.54, 1.807) is 72.0 Å². The number of aryl methyl sites for hydroxylation is 3. The Balaban J connectivity index is 0.000000156. The molecule has 12 heterocycles. The van der Waals surface area contributed by atoms with Gasteiger partial charge in [-0.25, -0.2) is 46.8 Å². The molecule has 0 fully saturated rings. The van der Waals surface area contributed by atoms with E-state index in [0.29, 0.717) is 90.4 Å². The zero-order valence-electron chi connectivity index (χ0n) is 67.9. The Labute approximate surface area is 690 Å². The van der Waals surface area contributed by atoms with E-state index in [4.69, 9.17) is 28.4 Å². The van der Waals surface area contributed by atoms with Gasteiger partial charge in [0.15, 0.2) is 16.9 Å². The minimum atomic E-state index is -3.44. The molecule has 0 aliphatic rings. The first-order valence-corrected chi connectivity index (χ1v) is 48.5. The Morgan fingerprint density at radius 1 is 0.445 bits per heavy atom. The number of carbonyl (C=O) groups is 6. The van der Waals surface area contributed by atoms with E-state index >= 15 is 0 Å². The van der Waals surface area contributed by atoms with E-state index in [-0.39, 0.29) is 57.1 Å². The third kappa shape index (κ3) is 18.2. The van der Waals surface area contributed by atoms with Crippen LogP contribution in [0.4, 0.5) is 0 Å². The van der Waals surface area contributed by atoms with Crippen molar-refractivity contribution >= 4 is 192 Å². The summed E-state index contributed by atoms with van der Waals surface area (Å²) < 4.78 is 77.9. The third-order valence-corrected chi connectivity index (χ3v) is 27.9. The number of esters is 6. The lowest BCUT2D eigenvalue weighted by molar-refractivity contribution is -0.156. The van der Waals surface area contributed by atoms with Crippen LogP contribution in [0.15, 0.2) is 111 Å². The van der Waals surface area contributed by atoms with Gasteiger partial charge in [-0.15, -0.1) is 34.0 Å². The lowest BCUT2D eigenvalue weighted by atomic mass is 10.1. The molecule has 0 saturated heterocycles. The fourth-order valence-electron chi connectivity index (χ4n) is 13.0. The second-order valence-electron chi connectivity index (χ2n) is 29.8. The van der Waals surface area contributed by atoms with Crippen LogP contribution in [0, 0.1) is 0 Å². The molecule has 0 amide bonds. The van der Waals surface area contributed by atoms with Crippen LogP contribution in [-0.2, 0) is 131 Å². The predicted molar refractivity (Wildman–Crippen MR) is 451 cm³/mol. The van der Waals surface area contributed by atoms with Crippen molar-refractivity contribution in [3.63, 3.8) is 0 Å². The highest BCUT2D eigenvalue weighted by Crippen LogP contribution is 2.38. The van der Waals surface area contributed by atoms with Crippen molar-refractivity contribution in [1.29, 1.82) is 0 Å². The number of hydrogen-bond acceptors (Lipinski definition) is 31. The van der Waals surface area contributed by atoms with Gasteiger partial charge in [0.2, 0.25) is 26.0 Å². The molecule has 0 saturated carbocycles. The molecule has 0 aliphatic carbocycles. The lowest BCUT2D eigenvalue weighted by Gasteiger charge is -2.15. The number of nitrogens with zero attached hydrogens (tertiary/aromatic N) is 17. The Kier molecular flexibility index (Phi) is 26.0. The predicted octanol–water partition coefficient (Wildman–Crippen LogP) is 8.36. The van der Waals surface area contributed by atoms with Crippen molar-refractivity contribution in [2.24, 2.45) is 21.1 Å². The van der Waals surface area contributed by atoms with Gasteiger partial charge in [-0.1, -0.05) is 75.7 Å². The standard InChI is InChI=1S/C27H32N6O6SSi.C23H28N6O4S2Si.C21H18N6O5S.C5H8O4/c1-31-21-18(22-23(31)30-24(40-22)20(26(35)37-2)27(36)38-3)13-28-32(25(21)34)14-16-8-7-9-19-17(16)12-29-33(19)15-39-10-11-41(4,5)6;1-27-19-17(20-21(27)26-23(34-20)35(2,31)32)12-24-28(22(19)30)13-15-7-6-8-18-16(15)11-25-29(18)14-33-9-10-36(3,4)5;1-26-15-12(16-17(26)24-18(33-16)14(20(29)31-2)21(30)32-3)8-23-27(19(15)28)9-10-5-4-6-13-11(10)7-22-25-13;1-8-4(6)3-5(7)9-2/h7-9,12-13,20H,10-11,14-15H2,1-6H3;6-8,11-12H,9-10,13-14H2,1-5H3;4-8,14H,9H2,1-3H3,(H,22,25);3H2,1-2H3. The van der Waals surface area contributed by atoms with E-state index in [0.717, 1.165) is 102 Å². The Morgan fingerprint density at radius 2 is 0.790 bits per heavy atom. The number of ether oxygens (including phenoxy) is 8. The molecule has 15 rings (SSSR count). The second-order valence-corrected chi connectivity index (χ2v) is 46.3. The van der Waals surface area contributed by atoms with Crippen molar-refractivity contribution in [3.05, 3.63) is 150 Å². The molecule has 0 aliphatic heterocycles. The van der Waals surface area contributed by atoms with Crippen LogP contribution in [-0.4, -0.2) is 210 Å². The lowest BCUT2D eigenvalue weighted by Crippen LogP contribution is -2.25. The van der Waals surface area contributed by atoms with Crippen molar-refractivity contribution in [1.82, 2.24) is 87.8 Å². The molecule has 0 unspecified atom stereocenters. The van der Waals surface area contributed by atoms with E-state index in [9.17, 15) is 51.6 Å². The van der Waals surface area contributed by atoms with Gasteiger partial charge >= 0.3 is 35.8 Å². The zero-order valence-corrected chi connectivity index (χ0v) is 73.1. The summed E-state index contributed by atoms with van der Waals surface area (Å²) in [6.07, 6.45) is 10.9. The van der Waals surface area contributed by atoms with Crippen LogP contribution in [0.2, 0.25) is 51.4 Å². The van der Waals surface area contributed by atoms with Crippen LogP contribution >= 0.6 is 34.0 Å². The smallest absolute Gasteiger partial charge is 0.327 e. The Hall–Kier alpha value is -11.9. The minimum absolute atomic E-state index is 0.0299.